The molecule has 0 saturated carbocycles. The summed E-state index contributed by atoms with van der Waals surface area (Å²) in [6.45, 7) is 8.06. The normalized spacial score (nSPS) is 15.1. The first kappa shape index (κ1) is 19.9. The summed E-state index contributed by atoms with van der Waals surface area (Å²) in [5.74, 6) is 0.257. The van der Waals surface area contributed by atoms with Crippen LogP contribution >= 0.6 is 0 Å². The molecule has 6 nitrogen and oxygen atoms in total. The molecule has 2 heterocycles. The van der Waals surface area contributed by atoms with Crippen LogP contribution in [-0.4, -0.2) is 21.6 Å². The number of fused-ring (bicyclic) bond motifs is 1. The number of amides is 2. The van der Waals surface area contributed by atoms with Crippen molar-refractivity contribution in [2.24, 2.45) is 0 Å². The molecular weight excluding hydrogens is 376 g/mol. The Morgan fingerprint density at radius 3 is 2.37 bits per heavy atom. The van der Waals surface area contributed by atoms with E-state index in [4.69, 9.17) is 0 Å². The van der Waals surface area contributed by atoms with E-state index in [9.17, 15) is 9.59 Å². The van der Waals surface area contributed by atoms with E-state index in [1.165, 1.54) is 5.56 Å². The molecule has 1 atom stereocenters. The smallest absolute Gasteiger partial charge is 0.251 e. The molecule has 1 aliphatic heterocycles. The lowest BCUT2D eigenvalue weighted by Gasteiger charge is -2.11. The molecule has 0 spiro atoms. The molecule has 0 bridgehead atoms. The van der Waals surface area contributed by atoms with E-state index in [2.05, 4.69) is 21.8 Å². The van der Waals surface area contributed by atoms with Gasteiger partial charge < -0.3 is 10.6 Å². The van der Waals surface area contributed by atoms with E-state index >= 15 is 0 Å². The monoisotopic (exact) mass is 402 g/mol. The minimum Gasteiger partial charge on any atom is -0.326 e. The Labute approximate surface area is 176 Å². The first-order valence-corrected chi connectivity index (χ1v) is 10.2. The number of benzene rings is 2. The van der Waals surface area contributed by atoms with Crippen molar-refractivity contribution in [3.63, 3.8) is 0 Å². The van der Waals surface area contributed by atoms with Crippen LogP contribution in [0.5, 0.6) is 0 Å². The molecule has 0 radical (unpaired) electrons. The number of rotatable bonds is 5. The number of aromatic nitrogens is 2. The highest BCUT2D eigenvalue weighted by molar-refractivity contribution is 6.04. The van der Waals surface area contributed by atoms with Crippen LogP contribution in [0.1, 0.15) is 41.8 Å². The molecule has 3 aromatic rings. The molecule has 1 aromatic heterocycles. The summed E-state index contributed by atoms with van der Waals surface area (Å²) in [6, 6.07) is 13.4. The second-order valence-corrected chi connectivity index (χ2v) is 7.97. The summed E-state index contributed by atoms with van der Waals surface area (Å²) in [7, 11) is 0. The van der Waals surface area contributed by atoms with Gasteiger partial charge in [0.2, 0.25) is 5.91 Å². The van der Waals surface area contributed by atoms with Crippen LogP contribution in [0.15, 0.2) is 42.5 Å². The van der Waals surface area contributed by atoms with Gasteiger partial charge in [-0.05, 0) is 56.0 Å². The van der Waals surface area contributed by atoms with Gasteiger partial charge in [-0.25, -0.2) is 4.68 Å². The zero-order chi connectivity index (χ0) is 21.4. The SMILES string of the molecule is CCc1nn2c(c1-c1ccc(C)cc1)NC(=O)C2CC(=O)Nc1cc(C)cc(C)c1. The Balaban J connectivity index is 1.61. The van der Waals surface area contributed by atoms with Crippen LogP contribution in [0, 0.1) is 20.8 Å². The van der Waals surface area contributed by atoms with Crippen LogP contribution in [0.2, 0.25) is 0 Å². The molecular formula is C24H26N4O2. The maximum absolute atomic E-state index is 12.7. The van der Waals surface area contributed by atoms with Gasteiger partial charge in [-0.1, -0.05) is 42.8 Å². The standard InChI is InChI=1S/C24H26N4O2/c1-5-19-22(17-8-6-14(2)7-9-17)23-26-24(30)20(28(23)27-19)13-21(29)25-18-11-15(3)10-16(4)12-18/h6-12,20H,5,13H2,1-4H3,(H,25,29)(H,26,30). The largest absolute Gasteiger partial charge is 0.326 e. The fourth-order valence-electron chi connectivity index (χ4n) is 4.02. The van der Waals surface area contributed by atoms with Crippen molar-refractivity contribution in [2.75, 3.05) is 10.6 Å². The Kier molecular flexibility index (Phi) is 5.16. The maximum Gasteiger partial charge on any atom is 0.251 e. The van der Waals surface area contributed by atoms with Crippen LogP contribution < -0.4 is 10.6 Å². The Morgan fingerprint density at radius 1 is 1.07 bits per heavy atom. The fraction of sp³-hybridized carbons (Fsp3) is 0.292. The van der Waals surface area contributed by atoms with E-state index in [1.54, 1.807) is 4.68 Å². The lowest BCUT2D eigenvalue weighted by atomic mass is 10.0. The van der Waals surface area contributed by atoms with Gasteiger partial charge in [0.1, 0.15) is 11.9 Å². The third-order valence-corrected chi connectivity index (χ3v) is 5.38. The molecule has 2 N–H and O–H groups in total. The molecule has 30 heavy (non-hydrogen) atoms. The van der Waals surface area contributed by atoms with Gasteiger partial charge in [0.05, 0.1) is 12.1 Å². The molecule has 1 aliphatic rings. The van der Waals surface area contributed by atoms with E-state index in [-0.39, 0.29) is 18.2 Å². The lowest BCUT2D eigenvalue weighted by molar-refractivity contribution is -0.123. The second kappa shape index (κ2) is 7.78. The Morgan fingerprint density at radius 2 is 1.73 bits per heavy atom. The van der Waals surface area contributed by atoms with Gasteiger partial charge in [-0.3, -0.25) is 9.59 Å². The summed E-state index contributed by atoms with van der Waals surface area (Å²) in [5, 5.41) is 10.5. The molecule has 6 heteroatoms. The molecule has 2 amide bonds. The third-order valence-electron chi connectivity index (χ3n) is 5.38. The van der Waals surface area contributed by atoms with E-state index in [0.717, 1.165) is 40.1 Å². The lowest BCUT2D eigenvalue weighted by Crippen LogP contribution is -2.24. The summed E-state index contributed by atoms with van der Waals surface area (Å²) in [6.07, 6.45) is 0.768. The third kappa shape index (κ3) is 3.73. The number of anilines is 2. The molecule has 1 unspecified atom stereocenters. The molecule has 4 rings (SSSR count). The highest BCUT2D eigenvalue weighted by Gasteiger charge is 2.36. The number of nitrogens with one attached hydrogen (secondary N) is 2. The second-order valence-electron chi connectivity index (χ2n) is 7.97. The van der Waals surface area contributed by atoms with Crippen LogP contribution in [-0.2, 0) is 16.0 Å². The number of aryl methyl sites for hydroxylation is 4. The predicted octanol–water partition coefficient (Wildman–Crippen LogP) is 4.56. The van der Waals surface area contributed by atoms with Crippen LogP contribution in [0.4, 0.5) is 11.5 Å². The van der Waals surface area contributed by atoms with E-state index in [0.29, 0.717) is 5.82 Å². The summed E-state index contributed by atoms with van der Waals surface area (Å²) < 4.78 is 1.68. The minimum absolute atomic E-state index is 0.0317. The number of hydrogen-bond donors (Lipinski definition) is 2. The quantitative estimate of drug-likeness (QED) is 0.657. The maximum atomic E-state index is 12.7. The van der Waals surface area contributed by atoms with Gasteiger partial charge >= 0.3 is 0 Å². The highest BCUT2D eigenvalue weighted by atomic mass is 16.2. The zero-order valence-corrected chi connectivity index (χ0v) is 17.7. The molecule has 0 fully saturated rings. The topological polar surface area (TPSA) is 76.0 Å². The predicted molar refractivity (Wildman–Crippen MR) is 119 cm³/mol. The number of carbonyl (C=O) groups excluding carboxylic acids is 2. The average molecular weight is 402 g/mol. The molecule has 0 saturated heterocycles. The van der Waals surface area contributed by atoms with Gasteiger partial charge in [-0.2, -0.15) is 5.10 Å². The summed E-state index contributed by atoms with van der Waals surface area (Å²) in [5.41, 5.74) is 6.93. The van der Waals surface area contributed by atoms with Crippen molar-refractivity contribution in [3.8, 4) is 11.1 Å². The van der Waals surface area contributed by atoms with Crippen molar-refractivity contribution < 1.29 is 9.59 Å². The van der Waals surface area contributed by atoms with E-state index < -0.39 is 6.04 Å². The molecule has 2 aromatic carbocycles. The number of carbonyl (C=O) groups is 2. The van der Waals surface area contributed by atoms with Crippen molar-refractivity contribution in [3.05, 3.63) is 64.8 Å². The van der Waals surface area contributed by atoms with Crippen LogP contribution in [0.3, 0.4) is 0 Å². The van der Waals surface area contributed by atoms with Gasteiger partial charge in [0, 0.05) is 11.3 Å². The summed E-state index contributed by atoms with van der Waals surface area (Å²) >= 11 is 0. The number of hydrogen-bond acceptors (Lipinski definition) is 3. The summed E-state index contributed by atoms with van der Waals surface area (Å²) in [4.78, 5) is 25.4. The highest BCUT2D eigenvalue weighted by Crippen LogP contribution is 2.38. The van der Waals surface area contributed by atoms with Crippen molar-refractivity contribution in [1.82, 2.24) is 9.78 Å². The van der Waals surface area contributed by atoms with Crippen molar-refractivity contribution in [1.29, 1.82) is 0 Å². The fourth-order valence-corrected chi connectivity index (χ4v) is 4.02. The van der Waals surface area contributed by atoms with E-state index in [1.807, 2.05) is 64.1 Å². The van der Waals surface area contributed by atoms with Crippen LogP contribution in [0.25, 0.3) is 11.1 Å². The average Bonchev–Trinajstić information content (AvgIpc) is 3.17. The number of nitrogens with zero attached hydrogens (tertiary/aromatic N) is 2. The first-order chi connectivity index (χ1) is 14.4. The molecule has 154 valence electrons. The van der Waals surface area contributed by atoms with Crippen molar-refractivity contribution in [2.45, 2.75) is 46.6 Å². The Hall–Kier alpha value is -3.41. The minimum atomic E-state index is -0.657. The Bertz CT molecular complexity index is 1110. The van der Waals surface area contributed by atoms with Gasteiger partial charge in [0.25, 0.3) is 5.91 Å². The first-order valence-electron chi connectivity index (χ1n) is 10.2. The molecule has 0 aliphatic carbocycles. The van der Waals surface area contributed by atoms with Gasteiger partial charge in [-0.15, -0.1) is 0 Å². The zero-order valence-electron chi connectivity index (χ0n) is 17.7. The van der Waals surface area contributed by atoms with Crippen molar-refractivity contribution >= 4 is 23.3 Å². The van der Waals surface area contributed by atoms with Gasteiger partial charge in [0.15, 0.2) is 0 Å².